The van der Waals surface area contributed by atoms with Crippen molar-refractivity contribution in [1.29, 1.82) is 0 Å². The fourth-order valence-corrected chi connectivity index (χ4v) is 1.83. The van der Waals surface area contributed by atoms with Crippen molar-refractivity contribution in [2.24, 2.45) is 0 Å². The van der Waals surface area contributed by atoms with Crippen LogP contribution in [0.2, 0.25) is 0 Å². The van der Waals surface area contributed by atoms with Crippen molar-refractivity contribution >= 4 is 17.0 Å². The highest BCUT2D eigenvalue weighted by Crippen LogP contribution is 2.29. The number of furan rings is 1. The van der Waals surface area contributed by atoms with Gasteiger partial charge in [0.25, 0.3) is 0 Å². The van der Waals surface area contributed by atoms with Gasteiger partial charge in [-0.3, -0.25) is 0 Å². The first-order chi connectivity index (χ1) is 7.24. The summed E-state index contributed by atoms with van der Waals surface area (Å²) in [6.07, 6.45) is 5.75. The Bertz CT molecular complexity index is 530. The fourth-order valence-electron chi connectivity index (χ4n) is 1.83. The summed E-state index contributed by atoms with van der Waals surface area (Å²) in [5, 5.41) is 1.20. The van der Waals surface area contributed by atoms with Crippen LogP contribution in [0.1, 0.15) is 16.9 Å². The molecular weight excluding hydrogens is 184 g/mol. The predicted molar refractivity (Wildman–Crippen MR) is 64.9 cm³/mol. The molecule has 0 bridgehead atoms. The minimum absolute atomic E-state index is 0.955. The van der Waals surface area contributed by atoms with Crippen molar-refractivity contribution in [1.82, 2.24) is 0 Å². The lowest BCUT2D eigenvalue weighted by atomic mass is 10.1. The van der Waals surface area contributed by atoms with E-state index in [1.54, 1.807) is 6.08 Å². The van der Waals surface area contributed by atoms with E-state index in [0.717, 1.165) is 16.9 Å². The topological polar surface area (TPSA) is 13.1 Å². The summed E-state index contributed by atoms with van der Waals surface area (Å²) in [5.41, 5.74) is 3.35. The zero-order valence-corrected chi connectivity index (χ0v) is 9.08. The van der Waals surface area contributed by atoms with E-state index in [4.69, 9.17) is 4.42 Å². The SMILES string of the molecule is C=C/C=C\c1c(C)oc2cccc(C)c12. The Hall–Kier alpha value is -1.76. The second-order valence-electron chi connectivity index (χ2n) is 3.61. The Balaban J connectivity index is 2.76. The molecule has 1 aromatic heterocycles. The largest absolute Gasteiger partial charge is 0.461 e. The number of hydrogen-bond donors (Lipinski definition) is 0. The molecule has 1 aromatic carbocycles. The van der Waals surface area contributed by atoms with Gasteiger partial charge in [0.2, 0.25) is 0 Å². The van der Waals surface area contributed by atoms with Crippen LogP contribution in [0.3, 0.4) is 0 Å². The highest BCUT2D eigenvalue weighted by Gasteiger charge is 2.09. The third-order valence-electron chi connectivity index (χ3n) is 2.55. The van der Waals surface area contributed by atoms with Crippen LogP contribution in [0.15, 0.2) is 41.3 Å². The van der Waals surface area contributed by atoms with Gasteiger partial charge >= 0.3 is 0 Å². The summed E-state index contributed by atoms with van der Waals surface area (Å²) in [5.74, 6) is 0.956. The zero-order valence-electron chi connectivity index (χ0n) is 9.08. The van der Waals surface area contributed by atoms with Gasteiger partial charge in [0.05, 0.1) is 0 Å². The van der Waals surface area contributed by atoms with Crippen LogP contribution in [0.4, 0.5) is 0 Å². The first-order valence-corrected chi connectivity index (χ1v) is 5.02. The Labute approximate surface area is 89.7 Å². The van der Waals surface area contributed by atoms with E-state index >= 15 is 0 Å². The van der Waals surface area contributed by atoms with Crippen molar-refractivity contribution in [2.75, 3.05) is 0 Å². The maximum absolute atomic E-state index is 5.69. The second-order valence-corrected chi connectivity index (χ2v) is 3.61. The van der Waals surface area contributed by atoms with Crippen LogP contribution >= 0.6 is 0 Å². The van der Waals surface area contributed by atoms with Crippen molar-refractivity contribution in [3.63, 3.8) is 0 Å². The molecule has 0 N–H and O–H groups in total. The number of fused-ring (bicyclic) bond motifs is 1. The van der Waals surface area contributed by atoms with Crippen LogP contribution in [-0.2, 0) is 0 Å². The normalized spacial score (nSPS) is 11.3. The van der Waals surface area contributed by atoms with E-state index in [1.165, 1.54) is 10.9 Å². The fraction of sp³-hybridized carbons (Fsp3) is 0.143. The van der Waals surface area contributed by atoms with Crippen LogP contribution in [0.25, 0.3) is 17.0 Å². The molecule has 1 heteroatoms. The number of benzene rings is 1. The van der Waals surface area contributed by atoms with E-state index in [0.29, 0.717) is 0 Å². The Morgan fingerprint density at radius 1 is 1.27 bits per heavy atom. The summed E-state index contributed by atoms with van der Waals surface area (Å²) in [4.78, 5) is 0. The van der Waals surface area contributed by atoms with Gasteiger partial charge in [0, 0.05) is 10.9 Å². The van der Waals surface area contributed by atoms with E-state index in [-0.39, 0.29) is 0 Å². The van der Waals surface area contributed by atoms with Crippen molar-refractivity contribution in [3.8, 4) is 0 Å². The quantitative estimate of drug-likeness (QED) is 0.657. The van der Waals surface area contributed by atoms with E-state index in [9.17, 15) is 0 Å². The zero-order chi connectivity index (χ0) is 10.8. The van der Waals surface area contributed by atoms with Gasteiger partial charge in [-0.15, -0.1) is 0 Å². The molecule has 0 saturated carbocycles. The Kier molecular flexibility index (Phi) is 2.46. The average molecular weight is 198 g/mol. The molecule has 0 spiro atoms. The maximum Gasteiger partial charge on any atom is 0.135 e. The molecule has 0 aliphatic heterocycles. The third kappa shape index (κ3) is 1.61. The summed E-state index contributed by atoms with van der Waals surface area (Å²) in [6.45, 7) is 7.76. The molecule has 1 heterocycles. The monoisotopic (exact) mass is 198 g/mol. The van der Waals surface area contributed by atoms with Crippen molar-refractivity contribution < 1.29 is 4.42 Å². The van der Waals surface area contributed by atoms with Gasteiger partial charge in [-0.25, -0.2) is 0 Å². The van der Waals surface area contributed by atoms with Crippen LogP contribution in [0.5, 0.6) is 0 Å². The molecular formula is C14H14O. The smallest absolute Gasteiger partial charge is 0.135 e. The highest BCUT2D eigenvalue weighted by atomic mass is 16.3. The predicted octanol–water partition coefficient (Wildman–Crippen LogP) is 4.25. The first-order valence-electron chi connectivity index (χ1n) is 5.02. The van der Waals surface area contributed by atoms with E-state index in [1.807, 2.05) is 31.2 Å². The minimum Gasteiger partial charge on any atom is -0.461 e. The van der Waals surface area contributed by atoms with Crippen molar-refractivity contribution in [3.05, 3.63) is 53.8 Å². The molecule has 0 aliphatic carbocycles. The molecule has 76 valence electrons. The van der Waals surface area contributed by atoms with Crippen molar-refractivity contribution in [2.45, 2.75) is 13.8 Å². The highest BCUT2D eigenvalue weighted by molar-refractivity contribution is 5.91. The number of hydrogen-bond acceptors (Lipinski definition) is 1. The summed E-state index contributed by atoms with van der Waals surface area (Å²) >= 11 is 0. The molecule has 0 radical (unpaired) electrons. The van der Waals surface area contributed by atoms with Crippen LogP contribution in [-0.4, -0.2) is 0 Å². The lowest BCUT2D eigenvalue weighted by Crippen LogP contribution is -1.76. The molecule has 2 aromatic rings. The lowest BCUT2D eigenvalue weighted by Gasteiger charge is -1.95. The molecule has 0 atom stereocenters. The van der Waals surface area contributed by atoms with Gasteiger partial charge in [0.1, 0.15) is 11.3 Å². The molecule has 0 aliphatic rings. The van der Waals surface area contributed by atoms with Gasteiger partial charge in [-0.1, -0.05) is 36.9 Å². The molecule has 1 nitrogen and oxygen atoms in total. The molecule has 2 rings (SSSR count). The van der Waals surface area contributed by atoms with Crippen LogP contribution < -0.4 is 0 Å². The summed E-state index contributed by atoms with van der Waals surface area (Å²) in [6, 6.07) is 6.12. The molecule has 0 amide bonds. The summed E-state index contributed by atoms with van der Waals surface area (Å²) in [7, 11) is 0. The number of aryl methyl sites for hydroxylation is 2. The molecule has 15 heavy (non-hydrogen) atoms. The van der Waals surface area contributed by atoms with Gasteiger partial charge in [-0.2, -0.15) is 0 Å². The Morgan fingerprint density at radius 3 is 2.80 bits per heavy atom. The number of allylic oxidation sites excluding steroid dienone is 2. The van der Waals surface area contributed by atoms with Crippen LogP contribution in [0, 0.1) is 13.8 Å². The van der Waals surface area contributed by atoms with E-state index < -0.39 is 0 Å². The maximum atomic E-state index is 5.69. The summed E-state index contributed by atoms with van der Waals surface area (Å²) < 4.78 is 5.69. The third-order valence-corrected chi connectivity index (χ3v) is 2.55. The minimum atomic E-state index is 0.955. The Morgan fingerprint density at radius 2 is 2.07 bits per heavy atom. The average Bonchev–Trinajstić information content (AvgIpc) is 2.53. The molecule has 0 saturated heterocycles. The number of rotatable bonds is 2. The molecule has 0 unspecified atom stereocenters. The standard InChI is InChI=1S/C14H14O/c1-4-5-8-12-11(3)15-13-9-6-7-10(2)14(12)13/h4-9H,1H2,2-3H3/b8-5-. The van der Waals surface area contributed by atoms with Gasteiger partial charge in [0.15, 0.2) is 0 Å². The van der Waals surface area contributed by atoms with Gasteiger partial charge in [-0.05, 0) is 25.5 Å². The molecule has 0 fully saturated rings. The first kappa shape index (κ1) is 9.78. The lowest BCUT2D eigenvalue weighted by molar-refractivity contribution is 0.577. The second kappa shape index (κ2) is 3.77. The van der Waals surface area contributed by atoms with E-state index in [2.05, 4.69) is 19.6 Å². The van der Waals surface area contributed by atoms with Gasteiger partial charge < -0.3 is 4.42 Å².